The fraction of sp³-hybridized carbons (Fsp3) is 0.250. The summed E-state index contributed by atoms with van der Waals surface area (Å²) in [6.07, 6.45) is 1.73. The van der Waals surface area contributed by atoms with Crippen molar-refractivity contribution in [3.8, 4) is 0 Å². The second-order valence-corrected chi connectivity index (χ2v) is 3.37. The fourth-order valence-corrected chi connectivity index (χ4v) is 1.24. The Balaban J connectivity index is 2.87. The van der Waals surface area contributed by atoms with Crippen molar-refractivity contribution in [3.63, 3.8) is 0 Å². The molecule has 0 aliphatic carbocycles. The van der Waals surface area contributed by atoms with Crippen molar-refractivity contribution in [2.75, 3.05) is 12.8 Å². The molecule has 0 aliphatic heterocycles. The highest BCUT2D eigenvalue weighted by Crippen LogP contribution is 2.16. The highest BCUT2D eigenvalue weighted by Gasteiger charge is 2.07. The Bertz CT molecular complexity index is 328. The number of nitrogens with zero attached hydrogens (tertiary/aromatic N) is 1. The third kappa shape index (κ3) is 2.69. The number of rotatable bonds is 2. The molecule has 0 amide bonds. The van der Waals surface area contributed by atoms with Gasteiger partial charge >= 0.3 is 5.97 Å². The molecule has 2 N–H and O–H groups in total. The van der Waals surface area contributed by atoms with Crippen LogP contribution in [0.3, 0.4) is 0 Å². The SMILES string of the molecule is COC(=O)Cc1cc(Br)cnc1N. The number of carbonyl (C=O) groups excluding carboxylic acids is 1. The number of methoxy groups -OCH3 is 1. The van der Waals surface area contributed by atoms with Gasteiger partial charge in [0.25, 0.3) is 0 Å². The lowest BCUT2D eigenvalue weighted by atomic mass is 10.2. The highest BCUT2D eigenvalue weighted by atomic mass is 79.9. The van der Waals surface area contributed by atoms with E-state index in [4.69, 9.17) is 5.73 Å². The molecule has 5 heteroatoms. The van der Waals surface area contributed by atoms with E-state index in [1.165, 1.54) is 7.11 Å². The Morgan fingerprint density at radius 3 is 3.08 bits per heavy atom. The number of esters is 1. The molecular formula is C8H9BrN2O2. The maximum Gasteiger partial charge on any atom is 0.310 e. The summed E-state index contributed by atoms with van der Waals surface area (Å²) in [5.74, 6) is 0.0280. The van der Waals surface area contributed by atoms with E-state index in [1.54, 1.807) is 12.3 Å². The van der Waals surface area contributed by atoms with Gasteiger partial charge in [0.2, 0.25) is 0 Å². The van der Waals surface area contributed by atoms with Crippen molar-refractivity contribution in [3.05, 3.63) is 22.3 Å². The number of aromatic nitrogens is 1. The molecule has 0 spiro atoms. The smallest absolute Gasteiger partial charge is 0.310 e. The van der Waals surface area contributed by atoms with Gasteiger partial charge in [-0.3, -0.25) is 4.79 Å². The Morgan fingerprint density at radius 1 is 1.77 bits per heavy atom. The monoisotopic (exact) mass is 244 g/mol. The first-order valence-electron chi connectivity index (χ1n) is 3.60. The molecule has 0 atom stereocenters. The summed E-state index contributed by atoms with van der Waals surface area (Å²) >= 11 is 3.24. The quantitative estimate of drug-likeness (QED) is 0.793. The van der Waals surface area contributed by atoms with Crippen LogP contribution in [0.4, 0.5) is 5.82 Å². The molecule has 0 aromatic carbocycles. The second kappa shape index (κ2) is 4.23. The number of anilines is 1. The molecule has 4 nitrogen and oxygen atoms in total. The summed E-state index contributed by atoms with van der Waals surface area (Å²) in [5.41, 5.74) is 6.22. The average Bonchev–Trinajstić information content (AvgIpc) is 2.11. The van der Waals surface area contributed by atoms with Crippen LogP contribution >= 0.6 is 15.9 Å². The normalized spacial score (nSPS) is 9.69. The van der Waals surface area contributed by atoms with E-state index in [-0.39, 0.29) is 12.4 Å². The van der Waals surface area contributed by atoms with Gasteiger partial charge in [-0.05, 0) is 22.0 Å². The van der Waals surface area contributed by atoms with Gasteiger partial charge in [-0.25, -0.2) is 4.98 Å². The van der Waals surface area contributed by atoms with E-state index in [2.05, 4.69) is 25.7 Å². The predicted octanol–water partition coefficient (Wildman–Crippen LogP) is 1.14. The van der Waals surface area contributed by atoms with Crippen LogP contribution in [0.2, 0.25) is 0 Å². The Kier molecular flexibility index (Phi) is 3.25. The van der Waals surface area contributed by atoms with E-state index in [0.717, 1.165) is 4.47 Å². The zero-order valence-corrected chi connectivity index (χ0v) is 8.67. The highest BCUT2D eigenvalue weighted by molar-refractivity contribution is 9.10. The van der Waals surface area contributed by atoms with Crippen molar-refractivity contribution >= 4 is 27.7 Å². The van der Waals surface area contributed by atoms with Crippen LogP contribution < -0.4 is 5.73 Å². The van der Waals surface area contributed by atoms with Crippen molar-refractivity contribution in [2.45, 2.75) is 6.42 Å². The number of hydrogen-bond acceptors (Lipinski definition) is 4. The molecule has 1 heterocycles. The first kappa shape index (κ1) is 9.98. The fourth-order valence-electron chi connectivity index (χ4n) is 0.861. The Labute approximate surface area is 84.2 Å². The topological polar surface area (TPSA) is 65.2 Å². The molecule has 0 saturated heterocycles. The van der Waals surface area contributed by atoms with Crippen molar-refractivity contribution < 1.29 is 9.53 Å². The van der Waals surface area contributed by atoms with Crippen molar-refractivity contribution in [2.24, 2.45) is 0 Å². The molecule has 0 saturated carbocycles. The molecule has 0 aliphatic rings. The Morgan fingerprint density at radius 2 is 2.46 bits per heavy atom. The summed E-state index contributed by atoms with van der Waals surface area (Å²) < 4.78 is 5.30. The van der Waals surface area contributed by atoms with Gasteiger partial charge < -0.3 is 10.5 Å². The average molecular weight is 245 g/mol. The van der Waals surface area contributed by atoms with Gasteiger partial charge in [0.15, 0.2) is 0 Å². The van der Waals surface area contributed by atoms with Gasteiger partial charge in [-0.15, -0.1) is 0 Å². The molecule has 0 radical (unpaired) electrons. The van der Waals surface area contributed by atoms with Crippen LogP contribution in [-0.4, -0.2) is 18.1 Å². The molecular weight excluding hydrogens is 236 g/mol. The van der Waals surface area contributed by atoms with Crippen LogP contribution in [0.1, 0.15) is 5.56 Å². The lowest BCUT2D eigenvalue weighted by Crippen LogP contribution is -2.07. The number of halogens is 1. The van der Waals surface area contributed by atoms with Crippen molar-refractivity contribution in [1.82, 2.24) is 4.98 Å². The van der Waals surface area contributed by atoms with E-state index in [0.29, 0.717) is 11.4 Å². The summed E-state index contributed by atoms with van der Waals surface area (Å²) in [4.78, 5) is 14.8. The van der Waals surface area contributed by atoms with E-state index in [9.17, 15) is 4.79 Å². The third-order valence-corrected chi connectivity index (χ3v) is 1.96. The van der Waals surface area contributed by atoms with Gasteiger partial charge in [0, 0.05) is 16.2 Å². The van der Waals surface area contributed by atoms with Crippen molar-refractivity contribution in [1.29, 1.82) is 0 Å². The Hall–Kier alpha value is -1.10. The lowest BCUT2D eigenvalue weighted by molar-refractivity contribution is -0.139. The maximum atomic E-state index is 10.9. The first-order chi connectivity index (χ1) is 6.13. The number of hydrogen-bond donors (Lipinski definition) is 1. The minimum absolute atomic E-state index is 0.148. The van der Waals surface area contributed by atoms with Crippen LogP contribution in [-0.2, 0) is 16.0 Å². The summed E-state index contributed by atoms with van der Waals surface area (Å²) in [5, 5.41) is 0. The number of nitrogen functional groups attached to an aromatic ring is 1. The minimum Gasteiger partial charge on any atom is -0.469 e. The van der Waals surface area contributed by atoms with Gasteiger partial charge in [-0.2, -0.15) is 0 Å². The summed E-state index contributed by atoms with van der Waals surface area (Å²) in [7, 11) is 1.34. The lowest BCUT2D eigenvalue weighted by Gasteiger charge is -2.03. The zero-order valence-electron chi connectivity index (χ0n) is 7.08. The van der Waals surface area contributed by atoms with Gasteiger partial charge in [0.1, 0.15) is 5.82 Å². The summed E-state index contributed by atoms with van der Waals surface area (Å²) in [6, 6.07) is 1.75. The second-order valence-electron chi connectivity index (χ2n) is 2.45. The van der Waals surface area contributed by atoms with Gasteiger partial charge in [0.05, 0.1) is 13.5 Å². The number of carbonyl (C=O) groups is 1. The summed E-state index contributed by atoms with van der Waals surface area (Å²) in [6.45, 7) is 0. The maximum absolute atomic E-state index is 10.9. The number of nitrogens with two attached hydrogens (primary N) is 1. The first-order valence-corrected chi connectivity index (χ1v) is 4.39. The van der Waals surface area contributed by atoms with Crippen LogP contribution in [0.15, 0.2) is 16.7 Å². The molecule has 70 valence electrons. The van der Waals surface area contributed by atoms with Crippen LogP contribution in [0.5, 0.6) is 0 Å². The standard InChI is InChI=1S/C8H9BrN2O2/c1-13-7(12)3-5-2-6(9)4-11-8(5)10/h2,4H,3H2,1H3,(H2,10,11). The minimum atomic E-state index is -0.327. The largest absolute Gasteiger partial charge is 0.469 e. The zero-order chi connectivity index (χ0) is 9.84. The molecule has 13 heavy (non-hydrogen) atoms. The molecule has 1 rings (SSSR count). The third-order valence-electron chi connectivity index (χ3n) is 1.53. The molecule has 0 bridgehead atoms. The van der Waals surface area contributed by atoms with E-state index >= 15 is 0 Å². The molecule has 1 aromatic rings. The molecule has 1 aromatic heterocycles. The molecule has 0 fully saturated rings. The number of ether oxygens (including phenoxy) is 1. The van der Waals surface area contributed by atoms with Gasteiger partial charge in [-0.1, -0.05) is 0 Å². The predicted molar refractivity (Wildman–Crippen MR) is 52.1 cm³/mol. The van der Waals surface area contributed by atoms with E-state index < -0.39 is 0 Å². The molecule has 0 unspecified atom stereocenters. The van der Waals surface area contributed by atoms with Crippen LogP contribution in [0.25, 0.3) is 0 Å². The van der Waals surface area contributed by atoms with E-state index in [1.807, 2.05) is 0 Å². The number of pyridine rings is 1. The van der Waals surface area contributed by atoms with Crippen LogP contribution in [0, 0.1) is 0 Å².